The first kappa shape index (κ1) is 26.9. The summed E-state index contributed by atoms with van der Waals surface area (Å²) < 4.78 is 17.0. The highest BCUT2D eigenvalue weighted by atomic mass is 33.2. The van der Waals surface area contributed by atoms with E-state index < -0.39 is 39.2 Å². The third-order valence-electron chi connectivity index (χ3n) is 5.39. The molecule has 8 nitrogen and oxygen atoms in total. The van der Waals surface area contributed by atoms with Crippen LogP contribution in [0.25, 0.3) is 10.4 Å². The maximum atomic E-state index is 11.7. The molecule has 10 heteroatoms. The summed E-state index contributed by atoms with van der Waals surface area (Å²) in [5.41, 5.74) is 8.88. The van der Waals surface area contributed by atoms with Gasteiger partial charge in [0.15, 0.2) is 0 Å². The van der Waals surface area contributed by atoms with Crippen LogP contribution in [-0.2, 0) is 23.8 Å². The standard InChI is InChI=1S/C20H37N3O5S2/c1-11(2)30(12(3)4,13(5)6)29-20-14(7)18(22-23-21)19(27-16(9)25)17(28-20)10-26-15(8)24/h11-14,17-20H,10H2,1-9H3/t14-,17-,18?,19?,20?/m1/s1. The van der Waals surface area contributed by atoms with Gasteiger partial charge in [-0.25, -0.2) is 0 Å². The van der Waals surface area contributed by atoms with Crippen LogP contribution in [0.5, 0.6) is 0 Å². The molecule has 0 aromatic rings. The van der Waals surface area contributed by atoms with Crippen molar-refractivity contribution in [2.75, 3.05) is 6.61 Å². The summed E-state index contributed by atoms with van der Waals surface area (Å²) in [6.07, 6.45) is -1.52. The van der Waals surface area contributed by atoms with E-state index in [1.165, 1.54) is 13.8 Å². The minimum atomic E-state index is -1.17. The summed E-state index contributed by atoms with van der Waals surface area (Å²) in [5.74, 6) is -1.14. The monoisotopic (exact) mass is 463 g/mol. The zero-order chi connectivity index (χ0) is 23.2. The second-order valence-electron chi connectivity index (χ2n) is 8.41. The van der Waals surface area contributed by atoms with Gasteiger partial charge in [0, 0.05) is 24.7 Å². The molecule has 1 aliphatic heterocycles. The van der Waals surface area contributed by atoms with Crippen molar-refractivity contribution in [1.29, 1.82) is 0 Å². The summed E-state index contributed by atoms with van der Waals surface area (Å²) in [6, 6.07) is -0.616. The number of carbonyl (C=O) groups excluding carboxylic acids is 2. The van der Waals surface area contributed by atoms with Crippen LogP contribution in [0.4, 0.5) is 0 Å². The fraction of sp³-hybridized carbons (Fsp3) is 0.900. The lowest BCUT2D eigenvalue weighted by atomic mass is 9.91. The first-order valence-corrected chi connectivity index (χ1v) is 13.6. The lowest BCUT2D eigenvalue weighted by molar-refractivity contribution is -0.182. The van der Waals surface area contributed by atoms with E-state index in [0.29, 0.717) is 15.7 Å². The van der Waals surface area contributed by atoms with Gasteiger partial charge < -0.3 is 14.2 Å². The Kier molecular flexibility index (Phi) is 10.3. The molecule has 1 rings (SSSR count). The van der Waals surface area contributed by atoms with Gasteiger partial charge in [0.25, 0.3) is 0 Å². The lowest BCUT2D eigenvalue weighted by Gasteiger charge is -2.54. The summed E-state index contributed by atoms with van der Waals surface area (Å²) in [6.45, 7) is 18.0. The predicted molar refractivity (Wildman–Crippen MR) is 124 cm³/mol. The van der Waals surface area contributed by atoms with Gasteiger partial charge in [-0.3, -0.25) is 9.59 Å². The smallest absolute Gasteiger partial charge is 0.303 e. The van der Waals surface area contributed by atoms with E-state index >= 15 is 0 Å². The van der Waals surface area contributed by atoms with Crippen molar-refractivity contribution in [2.24, 2.45) is 11.0 Å². The minimum Gasteiger partial charge on any atom is -0.463 e. The molecule has 0 amide bonds. The normalized spacial score (nSPS) is 27.7. The molecule has 0 saturated carbocycles. The largest absolute Gasteiger partial charge is 0.463 e. The molecule has 0 spiro atoms. The maximum absolute atomic E-state index is 11.7. The Morgan fingerprint density at radius 1 is 1.10 bits per heavy atom. The van der Waals surface area contributed by atoms with Crippen LogP contribution in [0.15, 0.2) is 5.11 Å². The molecule has 0 aromatic heterocycles. The van der Waals surface area contributed by atoms with E-state index in [4.69, 9.17) is 19.7 Å². The molecule has 0 aliphatic carbocycles. The molecule has 3 unspecified atom stereocenters. The molecule has 30 heavy (non-hydrogen) atoms. The third-order valence-corrected chi connectivity index (χ3v) is 15.9. The molecule has 0 N–H and O–H groups in total. The average molecular weight is 464 g/mol. The van der Waals surface area contributed by atoms with Crippen molar-refractivity contribution >= 4 is 31.8 Å². The van der Waals surface area contributed by atoms with E-state index in [-0.39, 0.29) is 18.0 Å². The fourth-order valence-corrected chi connectivity index (χ4v) is 12.6. The average Bonchev–Trinajstić information content (AvgIpc) is 2.61. The molecular formula is C20H37N3O5S2. The number of ether oxygens (including phenoxy) is 3. The van der Waals surface area contributed by atoms with Crippen LogP contribution in [0.3, 0.4) is 0 Å². The predicted octanol–water partition coefficient (Wildman–Crippen LogP) is 5.20. The zero-order valence-electron chi connectivity index (χ0n) is 19.5. The number of hydrogen-bond acceptors (Lipinski definition) is 7. The van der Waals surface area contributed by atoms with Crippen LogP contribution >= 0.6 is 19.9 Å². The van der Waals surface area contributed by atoms with E-state index in [2.05, 4.69) is 51.6 Å². The Hall–Kier alpha value is -1.09. The topological polar surface area (TPSA) is 111 Å². The Balaban J connectivity index is 3.36. The van der Waals surface area contributed by atoms with E-state index in [1.54, 1.807) is 0 Å². The van der Waals surface area contributed by atoms with E-state index in [9.17, 15) is 9.59 Å². The number of hydrogen-bond donors (Lipinski definition) is 0. The van der Waals surface area contributed by atoms with E-state index in [1.807, 2.05) is 17.7 Å². The highest BCUT2D eigenvalue weighted by molar-refractivity contribution is 8.95. The molecule has 5 atom stereocenters. The van der Waals surface area contributed by atoms with Crippen molar-refractivity contribution in [3.63, 3.8) is 0 Å². The second kappa shape index (κ2) is 11.5. The van der Waals surface area contributed by atoms with Gasteiger partial charge in [0.05, 0.1) is 6.04 Å². The third kappa shape index (κ3) is 6.22. The molecular weight excluding hydrogens is 426 g/mol. The van der Waals surface area contributed by atoms with Crippen molar-refractivity contribution < 1.29 is 23.8 Å². The van der Waals surface area contributed by atoms with Gasteiger partial charge >= 0.3 is 11.9 Å². The Morgan fingerprint density at radius 3 is 2.03 bits per heavy atom. The minimum absolute atomic E-state index is 0.0676. The van der Waals surface area contributed by atoms with Gasteiger partial charge in [0.2, 0.25) is 0 Å². The summed E-state index contributed by atoms with van der Waals surface area (Å²) in [4.78, 5) is 26.1. The molecule has 0 bridgehead atoms. The van der Waals surface area contributed by atoms with Crippen molar-refractivity contribution in [3.8, 4) is 0 Å². The van der Waals surface area contributed by atoms with Crippen molar-refractivity contribution in [2.45, 2.75) is 102 Å². The van der Waals surface area contributed by atoms with Crippen LogP contribution in [-0.4, -0.2) is 58.0 Å². The highest BCUT2D eigenvalue weighted by Crippen LogP contribution is 2.72. The number of carbonyl (C=O) groups is 2. The SMILES string of the molecule is CC(=O)OC[C@H]1OC(SS(C(C)C)(C(C)C)C(C)C)[C@H](C)C(N=[N+]=[N-])C1OC(C)=O. The van der Waals surface area contributed by atoms with Crippen LogP contribution in [0, 0.1) is 5.92 Å². The number of azide groups is 1. The van der Waals surface area contributed by atoms with Gasteiger partial charge in [0.1, 0.15) is 24.3 Å². The highest BCUT2D eigenvalue weighted by Gasteiger charge is 2.49. The molecule has 0 radical (unpaired) electrons. The quantitative estimate of drug-likeness (QED) is 0.153. The van der Waals surface area contributed by atoms with Crippen molar-refractivity contribution in [1.82, 2.24) is 0 Å². The molecule has 1 fully saturated rings. The number of rotatable bonds is 9. The second-order valence-corrected chi connectivity index (χ2v) is 15.6. The number of esters is 2. The Bertz CT molecular complexity index is 631. The molecule has 1 saturated heterocycles. The van der Waals surface area contributed by atoms with Crippen LogP contribution in [0.2, 0.25) is 0 Å². The van der Waals surface area contributed by atoms with Crippen molar-refractivity contribution in [3.05, 3.63) is 10.4 Å². The molecule has 0 aromatic carbocycles. The number of nitrogens with zero attached hydrogens (tertiary/aromatic N) is 3. The fourth-order valence-electron chi connectivity index (χ4n) is 4.20. The lowest BCUT2D eigenvalue weighted by Crippen LogP contribution is -2.55. The van der Waals surface area contributed by atoms with Gasteiger partial charge in [-0.1, -0.05) is 64.4 Å². The van der Waals surface area contributed by atoms with E-state index in [0.717, 1.165) is 0 Å². The first-order chi connectivity index (χ1) is 13.9. The summed E-state index contributed by atoms with van der Waals surface area (Å²) >= 11 is 0. The zero-order valence-corrected chi connectivity index (χ0v) is 21.2. The van der Waals surface area contributed by atoms with Gasteiger partial charge in [-0.05, 0) is 21.3 Å². The van der Waals surface area contributed by atoms with Crippen LogP contribution in [0.1, 0.15) is 62.3 Å². The van der Waals surface area contributed by atoms with Crippen LogP contribution < -0.4 is 0 Å². The summed E-state index contributed by atoms with van der Waals surface area (Å²) in [7, 11) is 0.660. The summed E-state index contributed by atoms with van der Waals surface area (Å²) in [5, 5.41) is 5.33. The first-order valence-electron chi connectivity index (χ1n) is 10.4. The maximum Gasteiger partial charge on any atom is 0.303 e. The Labute approximate surface area is 185 Å². The molecule has 1 aliphatic rings. The van der Waals surface area contributed by atoms with Gasteiger partial charge in [-0.15, -0.1) is 0 Å². The molecule has 1 heterocycles. The Morgan fingerprint density at radius 2 is 1.63 bits per heavy atom. The molecule has 174 valence electrons. The van der Waals surface area contributed by atoms with Gasteiger partial charge in [-0.2, -0.15) is 9.06 Å².